The average Bonchev–Trinajstić information content (AvgIpc) is 2.71. The van der Waals surface area contributed by atoms with Crippen molar-refractivity contribution in [2.45, 2.75) is 6.92 Å². The van der Waals surface area contributed by atoms with Crippen LogP contribution in [-0.2, 0) is 0 Å². The Kier molecular flexibility index (Phi) is 2.25. The lowest BCUT2D eigenvalue weighted by Gasteiger charge is -2.04. The van der Waals surface area contributed by atoms with Gasteiger partial charge in [-0.25, -0.2) is 4.79 Å². The van der Waals surface area contributed by atoms with Crippen molar-refractivity contribution in [3.8, 4) is 11.3 Å². The van der Waals surface area contributed by atoms with Gasteiger partial charge in [0.05, 0.1) is 11.3 Å². The Hall–Kier alpha value is -2.10. The molecule has 0 saturated heterocycles. The number of aromatic carboxylic acids is 1. The number of nitrogens with one attached hydrogen (secondary N) is 1. The summed E-state index contributed by atoms with van der Waals surface area (Å²) in [4.78, 5) is 10.8. The van der Waals surface area contributed by atoms with Gasteiger partial charge < -0.3 is 5.11 Å². The SMILES string of the molecule is Cc1ccc(C(=O)O)cc1-c1ccn[nH]1. The number of rotatable bonds is 2. The molecule has 15 heavy (non-hydrogen) atoms. The molecule has 2 rings (SSSR count). The molecule has 0 bridgehead atoms. The van der Waals surface area contributed by atoms with Gasteiger partial charge in [0.1, 0.15) is 0 Å². The number of aryl methyl sites for hydroxylation is 1. The van der Waals surface area contributed by atoms with Gasteiger partial charge in [-0.1, -0.05) is 6.07 Å². The second kappa shape index (κ2) is 3.57. The van der Waals surface area contributed by atoms with Crippen LogP contribution in [0.1, 0.15) is 15.9 Å². The monoisotopic (exact) mass is 202 g/mol. The van der Waals surface area contributed by atoms with E-state index in [1.54, 1.807) is 24.4 Å². The van der Waals surface area contributed by atoms with E-state index in [1.165, 1.54) is 0 Å². The van der Waals surface area contributed by atoms with E-state index < -0.39 is 5.97 Å². The summed E-state index contributed by atoms with van der Waals surface area (Å²) in [7, 11) is 0. The van der Waals surface area contributed by atoms with Crippen molar-refractivity contribution >= 4 is 5.97 Å². The zero-order valence-corrected chi connectivity index (χ0v) is 8.19. The second-order valence-corrected chi connectivity index (χ2v) is 3.31. The van der Waals surface area contributed by atoms with Gasteiger partial charge in [0.25, 0.3) is 0 Å². The molecular formula is C11H10N2O2. The van der Waals surface area contributed by atoms with E-state index in [-0.39, 0.29) is 5.56 Å². The summed E-state index contributed by atoms with van der Waals surface area (Å²) in [6.07, 6.45) is 1.64. The zero-order valence-electron chi connectivity index (χ0n) is 8.19. The van der Waals surface area contributed by atoms with Crippen LogP contribution in [0.3, 0.4) is 0 Å². The number of aromatic nitrogens is 2. The predicted octanol–water partition coefficient (Wildman–Crippen LogP) is 2.08. The van der Waals surface area contributed by atoms with E-state index in [0.29, 0.717) is 0 Å². The van der Waals surface area contributed by atoms with E-state index in [9.17, 15) is 4.79 Å². The minimum atomic E-state index is -0.921. The number of carboxylic acid groups (broad SMARTS) is 1. The quantitative estimate of drug-likeness (QED) is 0.783. The molecule has 2 aromatic rings. The maximum atomic E-state index is 10.8. The van der Waals surface area contributed by atoms with E-state index >= 15 is 0 Å². The fourth-order valence-corrected chi connectivity index (χ4v) is 1.45. The minimum Gasteiger partial charge on any atom is -0.478 e. The number of carboxylic acids is 1. The van der Waals surface area contributed by atoms with Crippen LogP contribution >= 0.6 is 0 Å². The number of aromatic amines is 1. The molecular weight excluding hydrogens is 192 g/mol. The maximum Gasteiger partial charge on any atom is 0.335 e. The van der Waals surface area contributed by atoms with Crippen molar-refractivity contribution in [1.82, 2.24) is 10.2 Å². The molecule has 4 heteroatoms. The zero-order chi connectivity index (χ0) is 10.8. The van der Waals surface area contributed by atoms with Crippen molar-refractivity contribution in [2.24, 2.45) is 0 Å². The predicted molar refractivity (Wildman–Crippen MR) is 55.7 cm³/mol. The van der Waals surface area contributed by atoms with Crippen molar-refractivity contribution in [1.29, 1.82) is 0 Å². The molecule has 0 aliphatic carbocycles. The largest absolute Gasteiger partial charge is 0.478 e. The minimum absolute atomic E-state index is 0.283. The van der Waals surface area contributed by atoms with Crippen LogP contribution in [0.2, 0.25) is 0 Å². The first-order chi connectivity index (χ1) is 7.18. The van der Waals surface area contributed by atoms with E-state index in [4.69, 9.17) is 5.11 Å². The van der Waals surface area contributed by atoms with Gasteiger partial charge in [0, 0.05) is 11.8 Å². The summed E-state index contributed by atoms with van der Waals surface area (Å²) in [5.74, 6) is -0.921. The van der Waals surface area contributed by atoms with Gasteiger partial charge in [-0.15, -0.1) is 0 Å². The van der Waals surface area contributed by atoms with Crippen molar-refractivity contribution in [3.05, 3.63) is 41.6 Å². The highest BCUT2D eigenvalue weighted by molar-refractivity contribution is 5.89. The highest BCUT2D eigenvalue weighted by Gasteiger charge is 2.08. The molecule has 1 aromatic carbocycles. The molecule has 0 spiro atoms. The number of H-pyrrole nitrogens is 1. The normalized spacial score (nSPS) is 10.2. The highest BCUT2D eigenvalue weighted by Crippen LogP contribution is 2.22. The van der Waals surface area contributed by atoms with Crippen molar-refractivity contribution in [3.63, 3.8) is 0 Å². The molecule has 0 radical (unpaired) electrons. The number of hydrogen-bond donors (Lipinski definition) is 2. The van der Waals surface area contributed by atoms with Gasteiger partial charge in [-0.05, 0) is 30.7 Å². The molecule has 0 unspecified atom stereocenters. The molecule has 0 fully saturated rings. The highest BCUT2D eigenvalue weighted by atomic mass is 16.4. The first-order valence-corrected chi connectivity index (χ1v) is 4.52. The van der Waals surface area contributed by atoms with Crippen LogP contribution < -0.4 is 0 Å². The van der Waals surface area contributed by atoms with Crippen LogP contribution in [0.4, 0.5) is 0 Å². The molecule has 4 nitrogen and oxygen atoms in total. The van der Waals surface area contributed by atoms with Gasteiger partial charge in [0.15, 0.2) is 0 Å². The first-order valence-electron chi connectivity index (χ1n) is 4.52. The third-order valence-electron chi connectivity index (χ3n) is 2.28. The Morgan fingerprint density at radius 3 is 2.80 bits per heavy atom. The van der Waals surface area contributed by atoms with Crippen LogP contribution in [0.25, 0.3) is 11.3 Å². The third kappa shape index (κ3) is 1.74. The fraction of sp³-hybridized carbons (Fsp3) is 0.0909. The smallest absolute Gasteiger partial charge is 0.335 e. The maximum absolute atomic E-state index is 10.8. The molecule has 2 N–H and O–H groups in total. The second-order valence-electron chi connectivity index (χ2n) is 3.31. The van der Waals surface area contributed by atoms with Gasteiger partial charge in [-0.3, -0.25) is 5.10 Å². The lowest BCUT2D eigenvalue weighted by Crippen LogP contribution is -1.97. The third-order valence-corrected chi connectivity index (χ3v) is 2.28. The van der Waals surface area contributed by atoms with Crippen LogP contribution in [0.15, 0.2) is 30.5 Å². The fourth-order valence-electron chi connectivity index (χ4n) is 1.45. The molecule has 1 heterocycles. The number of benzene rings is 1. The van der Waals surface area contributed by atoms with Crippen molar-refractivity contribution < 1.29 is 9.90 Å². The molecule has 1 aromatic heterocycles. The summed E-state index contributed by atoms with van der Waals surface area (Å²) in [6, 6.07) is 6.84. The topological polar surface area (TPSA) is 66.0 Å². The number of carbonyl (C=O) groups is 1. The van der Waals surface area contributed by atoms with E-state index in [2.05, 4.69) is 10.2 Å². The molecule has 0 atom stereocenters. The Morgan fingerprint density at radius 1 is 1.40 bits per heavy atom. The molecule has 0 saturated carbocycles. The van der Waals surface area contributed by atoms with Crippen molar-refractivity contribution in [2.75, 3.05) is 0 Å². The molecule has 0 aliphatic heterocycles. The number of hydrogen-bond acceptors (Lipinski definition) is 2. The average molecular weight is 202 g/mol. The summed E-state index contributed by atoms with van der Waals surface area (Å²) in [5, 5.41) is 15.5. The summed E-state index contributed by atoms with van der Waals surface area (Å²) in [6.45, 7) is 1.93. The van der Waals surface area contributed by atoms with Gasteiger partial charge in [-0.2, -0.15) is 5.10 Å². The van der Waals surface area contributed by atoms with Crippen LogP contribution in [0.5, 0.6) is 0 Å². The van der Waals surface area contributed by atoms with Gasteiger partial charge >= 0.3 is 5.97 Å². The summed E-state index contributed by atoms with van der Waals surface area (Å²) >= 11 is 0. The van der Waals surface area contributed by atoms with Gasteiger partial charge in [0.2, 0.25) is 0 Å². The Labute approximate surface area is 86.6 Å². The molecule has 0 amide bonds. The molecule has 76 valence electrons. The first kappa shape index (κ1) is 9.45. The molecule has 0 aliphatic rings. The summed E-state index contributed by atoms with van der Waals surface area (Å²) < 4.78 is 0. The Balaban J connectivity index is 2.55. The number of nitrogens with zero attached hydrogens (tertiary/aromatic N) is 1. The Morgan fingerprint density at radius 2 is 2.20 bits per heavy atom. The lowest BCUT2D eigenvalue weighted by molar-refractivity contribution is 0.0697. The lowest BCUT2D eigenvalue weighted by atomic mass is 10.0. The van der Waals surface area contributed by atoms with E-state index in [1.807, 2.05) is 13.0 Å². The van der Waals surface area contributed by atoms with Crippen LogP contribution in [0, 0.1) is 6.92 Å². The Bertz CT molecular complexity index is 489. The van der Waals surface area contributed by atoms with E-state index in [0.717, 1.165) is 16.8 Å². The van der Waals surface area contributed by atoms with Crippen LogP contribution in [-0.4, -0.2) is 21.3 Å². The summed E-state index contributed by atoms with van der Waals surface area (Å²) in [5.41, 5.74) is 3.00. The standard InChI is InChI=1S/C11H10N2O2/c1-7-2-3-8(11(14)15)6-9(7)10-4-5-12-13-10/h2-6H,1H3,(H,12,13)(H,14,15).